The van der Waals surface area contributed by atoms with Gasteiger partial charge in [0.05, 0.1) is 0 Å². The van der Waals surface area contributed by atoms with Gasteiger partial charge in [-0.05, 0) is 43.6 Å². The van der Waals surface area contributed by atoms with Gasteiger partial charge in [-0.2, -0.15) is 11.8 Å². The Bertz CT molecular complexity index is 161. The van der Waals surface area contributed by atoms with Gasteiger partial charge in [-0.15, -0.1) is 0 Å². The molecule has 0 unspecified atom stereocenters. The highest BCUT2D eigenvalue weighted by Crippen LogP contribution is 2.17. The van der Waals surface area contributed by atoms with Gasteiger partial charge < -0.3 is 0 Å². The summed E-state index contributed by atoms with van der Waals surface area (Å²) >= 11 is 2.11. The average Bonchev–Trinajstić information content (AvgIpc) is 2.31. The molecule has 0 N–H and O–H groups in total. The van der Waals surface area contributed by atoms with Crippen molar-refractivity contribution >= 4 is 11.8 Å². The molecule has 0 radical (unpaired) electrons. The van der Waals surface area contributed by atoms with E-state index in [1.54, 1.807) is 5.57 Å². The first kappa shape index (κ1) is 16.1. The van der Waals surface area contributed by atoms with Crippen molar-refractivity contribution in [3.05, 3.63) is 11.6 Å². The summed E-state index contributed by atoms with van der Waals surface area (Å²) in [6.45, 7) is 6.83. The molecule has 0 aromatic carbocycles. The molecule has 0 rings (SSSR count). The van der Waals surface area contributed by atoms with E-state index >= 15 is 0 Å². The van der Waals surface area contributed by atoms with Crippen molar-refractivity contribution in [1.29, 1.82) is 0 Å². The van der Waals surface area contributed by atoms with Crippen LogP contribution in [0.5, 0.6) is 0 Å². The van der Waals surface area contributed by atoms with Gasteiger partial charge in [0.15, 0.2) is 0 Å². The van der Waals surface area contributed by atoms with Crippen LogP contribution in [-0.4, -0.2) is 11.5 Å². The van der Waals surface area contributed by atoms with E-state index in [-0.39, 0.29) is 0 Å². The number of hydrogen-bond acceptors (Lipinski definition) is 1. The molecule has 0 aromatic heterocycles. The molecule has 0 heterocycles. The molecule has 0 aromatic rings. The Kier molecular flexibility index (Phi) is 13.2. The lowest BCUT2D eigenvalue weighted by Crippen LogP contribution is -1.89. The summed E-state index contributed by atoms with van der Waals surface area (Å²) in [5, 5.41) is 0. The molecule has 0 aliphatic rings. The van der Waals surface area contributed by atoms with Crippen LogP contribution in [0, 0.1) is 0 Å². The predicted molar refractivity (Wildman–Crippen MR) is 79.4 cm³/mol. The molecule has 0 amide bonds. The zero-order valence-electron chi connectivity index (χ0n) is 11.6. The summed E-state index contributed by atoms with van der Waals surface area (Å²) < 4.78 is 0. The molecule has 0 nitrogen and oxygen atoms in total. The smallest absolute Gasteiger partial charge is 0.00302 e. The SMILES string of the molecule is CCCC/C=C(\CCCC)CCSCCC. The molecular weight excluding hydrogens is 212 g/mol. The van der Waals surface area contributed by atoms with E-state index in [2.05, 4.69) is 38.6 Å². The average molecular weight is 242 g/mol. The van der Waals surface area contributed by atoms with Gasteiger partial charge in [-0.1, -0.05) is 51.7 Å². The number of rotatable bonds is 11. The summed E-state index contributed by atoms with van der Waals surface area (Å²) in [7, 11) is 0. The van der Waals surface area contributed by atoms with E-state index < -0.39 is 0 Å². The van der Waals surface area contributed by atoms with Crippen LogP contribution >= 0.6 is 11.8 Å². The number of unbranched alkanes of at least 4 members (excludes halogenated alkanes) is 3. The maximum Gasteiger partial charge on any atom is -0.00302 e. The Morgan fingerprint density at radius 3 is 2.25 bits per heavy atom. The molecule has 0 bridgehead atoms. The third-order valence-electron chi connectivity index (χ3n) is 2.76. The Morgan fingerprint density at radius 2 is 1.62 bits per heavy atom. The van der Waals surface area contributed by atoms with Crippen LogP contribution in [0.15, 0.2) is 11.6 Å². The highest BCUT2D eigenvalue weighted by Gasteiger charge is 1.97. The van der Waals surface area contributed by atoms with Crippen molar-refractivity contribution in [2.24, 2.45) is 0 Å². The van der Waals surface area contributed by atoms with Crippen molar-refractivity contribution < 1.29 is 0 Å². The van der Waals surface area contributed by atoms with E-state index in [9.17, 15) is 0 Å². The van der Waals surface area contributed by atoms with E-state index in [4.69, 9.17) is 0 Å². The van der Waals surface area contributed by atoms with Crippen molar-refractivity contribution in [2.45, 2.75) is 72.1 Å². The molecule has 0 spiro atoms. The molecule has 0 aliphatic carbocycles. The summed E-state index contributed by atoms with van der Waals surface area (Å²) in [6, 6.07) is 0. The summed E-state index contributed by atoms with van der Waals surface area (Å²) in [5.41, 5.74) is 1.72. The van der Waals surface area contributed by atoms with Crippen LogP contribution in [0.3, 0.4) is 0 Å². The highest BCUT2D eigenvalue weighted by molar-refractivity contribution is 7.99. The van der Waals surface area contributed by atoms with E-state index in [0.29, 0.717) is 0 Å². The maximum absolute atomic E-state index is 2.52. The fourth-order valence-corrected chi connectivity index (χ4v) is 2.59. The molecule has 96 valence electrons. The van der Waals surface area contributed by atoms with Crippen LogP contribution < -0.4 is 0 Å². The molecule has 16 heavy (non-hydrogen) atoms. The van der Waals surface area contributed by atoms with Gasteiger partial charge in [-0.25, -0.2) is 0 Å². The fraction of sp³-hybridized carbons (Fsp3) is 0.867. The second kappa shape index (κ2) is 13.2. The standard InChI is InChI=1S/C15H30S/c1-4-7-9-11-15(10-8-5-2)12-14-16-13-6-3/h11H,4-10,12-14H2,1-3H3/b15-11+. The molecule has 0 fully saturated rings. The van der Waals surface area contributed by atoms with Crippen LogP contribution in [0.4, 0.5) is 0 Å². The van der Waals surface area contributed by atoms with Crippen LogP contribution in [-0.2, 0) is 0 Å². The minimum absolute atomic E-state index is 1.30. The zero-order valence-corrected chi connectivity index (χ0v) is 12.4. The number of hydrogen-bond donors (Lipinski definition) is 0. The normalized spacial score (nSPS) is 12.1. The predicted octanol–water partition coefficient (Wildman–Crippen LogP) is 5.83. The molecule has 0 saturated heterocycles. The Morgan fingerprint density at radius 1 is 0.875 bits per heavy atom. The van der Waals surface area contributed by atoms with Crippen LogP contribution in [0.25, 0.3) is 0 Å². The van der Waals surface area contributed by atoms with Gasteiger partial charge in [0.1, 0.15) is 0 Å². The lowest BCUT2D eigenvalue weighted by Gasteiger charge is -2.07. The molecule has 0 aliphatic heterocycles. The second-order valence-corrected chi connectivity index (χ2v) is 5.70. The van der Waals surface area contributed by atoms with E-state index in [0.717, 1.165) is 0 Å². The first-order valence-corrected chi connectivity index (χ1v) is 8.26. The molecule has 0 saturated carbocycles. The second-order valence-electron chi connectivity index (χ2n) is 4.47. The van der Waals surface area contributed by atoms with Gasteiger partial charge in [0.25, 0.3) is 0 Å². The van der Waals surface area contributed by atoms with Crippen molar-refractivity contribution in [3.8, 4) is 0 Å². The van der Waals surface area contributed by atoms with Crippen LogP contribution in [0.2, 0.25) is 0 Å². The molecule has 0 atom stereocenters. The third kappa shape index (κ3) is 10.6. The van der Waals surface area contributed by atoms with Crippen molar-refractivity contribution in [1.82, 2.24) is 0 Å². The molecule has 1 heteroatoms. The lowest BCUT2D eigenvalue weighted by molar-refractivity contribution is 0.750. The number of thioether (sulfide) groups is 1. The fourth-order valence-electron chi connectivity index (χ4n) is 1.69. The summed E-state index contributed by atoms with van der Waals surface area (Å²) in [4.78, 5) is 0. The highest BCUT2D eigenvalue weighted by atomic mass is 32.2. The molecular formula is C15H30S. The summed E-state index contributed by atoms with van der Waals surface area (Å²) in [5.74, 6) is 2.66. The quantitative estimate of drug-likeness (QED) is 0.324. The monoisotopic (exact) mass is 242 g/mol. The minimum Gasteiger partial charge on any atom is -0.162 e. The first-order valence-electron chi connectivity index (χ1n) is 7.10. The van der Waals surface area contributed by atoms with Crippen molar-refractivity contribution in [2.75, 3.05) is 11.5 Å². The van der Waals surface area contributed by atoms with E-state index in [1.807, 2.05) is 0 Å². The third-order valence-corrected chi connectivity index (χ3v) is 3.95. The largest absolute Gasteiger partial charge is 0.162 e. The van der Waals surface area contributed by atoms with Crippen molar-refractivity contribution in [3.63, 3.8) is 0 Å². The zero-order chi connectivity index (χ0) is 12.1. The van der Waals surface area contributed by atoms with Crippen LogP contribution in [0.1, 0.15) is 72.1 Å². The lowest BCUT2D eigenvalue weighted by atomic mass is 10.0. The number of allylic oxidation sites excluding steroid dienone is 2. The Balaban J connectivity index is 3.75. The summed E-state index contributed by atoms with van der Waals surface area (Å²) in [6.07, 6.45) is 13.2. The maximum atomic E-state index is 2.52. The van der Waals surface area contributed by atoms with Gasteiger partial charge in [0, 0.05) is 0 Å². The van der Waals surface area contributed by atoms with E-state index in [1.165, 1.54) is 62.9 Å². The van der Waals surface area contributed by atoms with Gasteiger partial charge in [0.2, 0.25) is 0 Å². The topological polar surface area (TPSA) is 0 Å². The Hall–Kier alpha value is 0.0900. The Labute approximate surface area is 107 Å². The first-order chi connectivity index (χ1) is 7.85. The minimum atomic E-state index is 1.30. The van der Waals surface area contributed by atoms with Gasteiger partial charge >= 0.3 is 0 Å². The van der Waals surface area contributed by atoms with Gasteiger partial charge in [-0.3, -0.25) is 0 Å².